The van der Waals surface area contributed by atoms with E-state index >= 15 is 0 Å². The number of imide groups is 1. The number of thioether (sulfide) groups is 1. The summed E-state index contributed by atoms with van der Waals surface area (Å²) in [6, 6.07) is 25.6. The van der Waals surface area contributed by atoms with Crippen molar-refractivity contribution in [3.8, 4) is 40.0 Å². The van der Waals surface area contributed by atoms with Gasteiger partial charge in [-0.15, -0.1) is 0 Å². The number of carbonyl (C=O) groups is 3. The Morgan fingerprint density at radius 2 is 1.61 bits per heavy atom. The second-order valence-corrected chi connectivity index (χ2v) is 10.6. The molecular formula is C32H25N3O5S. The van der Waals surface area contributed by atoms with Crippen LogP contribution in [0.4, 0.5) is 5.69 Å². The van der Waals surface area contributed by atoms with E-state index in [2.05, 4.69) is 6.07 Å². The molecule has 0 N–H and O–H groups in total. The Kier molecular flexibility index (Phi) is 7.86. The number of methoxy groups -OCH3 is 1. The topological polar surface area (TPSA) is 110 Å². The monoisotopic (exact) mass is 563 g/mol. The zero-order valence-corrected chi connectivity index (χ0v) is 23.4. The molecule has 0 bridgehead atoms. The van der Waals surface area contributed by atoms with Gasteiger partial charge in [0, 0.05) is 24.5 Å². The second kappa shape index (κ2) is 11.7. The first-order valence-electron chi connectivity index (χ1n) is 12.8. The number of anilines is 1. The molecule has 1 aromatic heterocycles. The van der Waals surface area contributed by atoms with Crippen LogP contribution in [0.5, 0.6) is 11.5 Å². The molecule has 41 heavy (non-hydrogen) atoms. The van der Waals surface area contributed by atoms with E-state index in [4.69, 9.17) is 14.5 Å². The largest absolute Gasteiger partial charge is 0.497 e. The fourth-order valence-corrected chi connectivity index (χ4v) is 5.64. The average Bonchev–Trinajstić information content (AvgIpc) is 3.25. The van der Waals surface area contributed by atoms with Gasteiger partial charge in [0.2, 0.25) is 11.8 Å². The average molecular weight is 564 g/mol. The summed E-state index contributed by atoms with van der Waals surface area (Å²) in [7, 11) is 1.59. The first kappa shape index (κ1) is 27.6. The van der Waals surface area contributed by atoms with Gasteiger partial charge < -0.3 is 9.47 Å². The third-order valence-electron chi connectivity index (χ3n) is 6.56. The molecule has 1 unspecified atom stereocenters. The molecular weight excluding hydrogens is 538 g/mol. The van der Waals surface area contributed by atoms with Crippen LogP contribution in [-0.4, -0.2) is 35.1 Å². The molecule has 0 spiro atoms. The minimum absolute atomic E-state index is 0.0472. The van der Waals surface area contributed by atoms with Crippen molar-refractivity contribution >= 4 is 35.2 Å². The van der Waals surface area contributed by atoms with Crippen LogP contribution in [0.15, 0.2) is 83.9 Å². The van der Waals surface area contributed by atoms with Crippen LogP contribution in [0.1, 0.15) is 24.5 Å². The predicted octanol–water partition coefficient (Wildman–Crippen LogP) is 5.95. The second-order valence-electron chi connectivity index (χ2n) is 9.41. The van der Waals surface area contributed by atoms with Crippen LogP contribution in [0.25, 0.3) is 22.4 Å². The van der Waals surface area contributed by atoms with Gasteiger partial charge in [-0.05, 0) is 67.1 Å². The fraction of sp³-hybridized carbons (Fsp3) is 0.156. The highest BCUT2D eigenvalue weighted by Crippen LogP contribution is 2.39. The fourth-order valence-electron chi connectivity index (χ4n) is 4.52. The van der Waals surface area contributed by atoms with Gasteiger partial charge in [-0.2, -0.15) is 5.26 Å². The molecule has 1 saturated heterocycles. The van der Waals surface area contributed by atoms with Crippen molar-refractivity contribution in [1.29, 1.82) is 5.26 Å². The molecule has 0 saturated carbocycles. The summed E-state index contributed by atoms with van der Waals surface area (Å²) in [5.41, 5.74) is 4.76. The van der Waals surface area contributed by atoms with Crippen LogP contribution in [0.3, 0.4) is 0 Å². The number of amides is 2. The number of nitriles is 1. The van der Waals surface area contributed by atoms with Crippen molar-refractivity contribution in [2.24, 2.45) is 0 Å². The van der Waals surface area contributed by atoms with Gasteiger partial charge in [0.05, 0.1) is 29.3 Å². The van der Waals surface area contributed by atoms with E-state index in [0.29, 0.717) is 39.0 Å². The van der Waals surface area contributed by atoms with Crippen molar-refractivity contribution in [1.82, 2.24) is 4.98 Å². The highest BCUT2D eigenvalue weighted by atomic mass is 32.2. The number of aromatic nitrogens is 1. The van der Waals surface area contributed by atoms with Crippen LogP contribution in [0.2, 0.25) is 0 Å². The summed E-state index contributed by atoms with van der Waals surface area (Å²) in [6.07, 6.45) is -0.0472. The number of ether oxygens (including phenoxy) is 2. The maximum atomic E-state index is 13.5. The molecule has 3 aromatic carbocycles. The van der Waals surface area contributed by atoms with E-state index < -0.39 is 17.1 Å². The van der Waals surface area contributed by atoms with Gasteiger partial charge in [0.15, 0.2) is 0 Å². The Balaban J connectivity index is 1.52. The number of rotatable bonds is 7. The predicted molar refractivity (Wildman–Crippen MR) is 156 cm³/mol. The van der Waals surface area contributed by atoms with Gasteiger partial charge >= 0.3 is 5.97 Å². The molecule has 0 aliphatic carbocycles. The van der Waals surface area contributed by atoms with Crippen molar-refractivity contribution in [3.05, 3.63) is 90.0 Å². The number of aryl methyl sites for hydroxylation is 1. The highest BCUT2D eigenvalue weighted by molar-refractivity contribution is 8.00. The zero-order chi connectivity index (χ0) is 29.1. The van der Waals surface area contributed by atoms with E-state index in [-0.39, 0.29) is 12.3 Å². The lowest BCUT2D eigenvalue weighted by atomic mass is 9.98. The minimum Gasteiger partial charge on any atom is -0.497 e. The Morgan fingerprint density at radius 1 is 0.976 bits per heavy atom. The number of nitrogens with zero attached hydrogens (tertiary/aromatic N) is 3. The molecule has 1 fully saturated rings. The summed E-state index contributed by atoms with van der Waals surface area (Å²) in [5.74, 6) is -0.223. The van der Waals surface area contributed by atoms with E-state index in [1.165, 1.54) is 19.1 Å². The van der Waals surface area contributed by atoms with E-state index in [1.54, 1.807) is 19.2 Å². The quantitative estimate of drug-likeness (QED) is 0.154. The summed E-state index contributed by atoms with van der Waals surface area (Å²) in [6.45, 7) is 3.28. The molecule has 2 heterocycles. The Labute approximate surface area is 241 Å². The summed E-state index contributed by atoms with van der Waals surface area (Å²) in [4.78, 5) is 43.6. The lowest BCUT2D eigenvalue weighted by Crippen LogP contribution is -2.31. The van der Waals surface area contributed by atoms with Gasteiger partial charge in [0.1, 0.15) is 22.6 Å². The standard InChI is InChI=1S/C32H25N3O5S/c1-19-4-6-21(7-5-19)26-16-28(22-8-12-24(39-3)13-9-22)34-31(27(26)18-33)41-29-17-30(37)35(32(29)38)23-10-14-25(15-11-23)40-20(2)36/h4-16,29H,17H2,1-3H3. The Hall–Kier alpha value is -4.94. The number of hydrogen-bond donors (Lipinski definition) is 0. The first-order valence-corrected chi connectivity index (χ1v) is 13.6. The van der Waals surface area contributed by atoms with E-state index in [0.717, 1.165) is 33.4 Å². The number of esters is 1. The van der Waals surface area contributed by atoms with Crippen molar-refractivity contribution in [2.45, 2.75) is 30.5 Å². The molecule has 4 aromatic rings. The lowest BCUT2D eigenvalue weighted by Gasteiger charge is -2.16. The highest BCUT2D eigenvalue weighted by Gasteiger charge is 2.41. The zero-order valence-electron chi connectivity index (χ0n) is 22.6. The van der Waals surface area contributed by atoms with E-state index in [9.17, 15) is 19.6 Å². The number of benzene rings is 3. The van der Waals surface area contributed by atoms with Gasteiger partial charge in [-0.25, -0.2) is 9.88 Å². The first-order chi connectivity index (χ1) is 19.8. The molecule has 9 heteroatoms. The van der Waals surface area contributed by atoms with Crippen LogP contribution in [-0.2, 0) is 14.4 Å². The van der Waals surface area contributed by atoms with Crippen molar-refractivity contribution in [2.75, 3.05) is 12.0 Å². The lowest BCUT2D eigenvalue weighted by molar-refractivity contribution is -0.132. The summed E-state index contributed by atoms with van der Waals surface area (Å²) >= 11 is 1.11. The summed E-state index contributed by atoms with van der Waals surface area (Å²) in [5, 5.41) is 9.84. The molecule has 2 amide bonds. The smallest absolute Gasteiger partial charge is 0.308 e. The van der Waals surface area contributed by atoms with Gasteiger partial charge in [-0.3, -0.25) is 14.4 Å². The third-order valence-corrected chi connectivity index (χ3v) is 7.73. The Bertz CT molecular complexity index is 1680. The molecule has 1 aliphatic rings. The van der Waals surface area contributed by atoms with E-state index in [1.807, 2.05) is 61.5 Å². The molecule has 1 aliphatic heterocycles. The van der Waals surface area contributed by atoms with Crippen LogP contribution < -0.4 is 14.4 Å². The summed E-state index contributed by atoms with van der Waals surface area (Å²) < 4.78 is 10.3. The number of carbonyl (C=O) groups excluding carboxylic acids is 3. The van der Waals surface area contributed by atoms with Crippen molar-refractivity contribution < 1.29 is 23.9 Å². The maximum Gasteiger partial charge on any atom is 0.308 e. The normalized spacial score (nSPS) is 14.6. The molecule has 5 rings (SSSR count). The Morgan fingerprint density at radius 3 is 2.22 bits per heavy atom. The van der Waals surface area contributed by atoms with Gasteiger partial charge in [-0.1, -0.05) is 41.6 Å². The SMILES string of the molecule is COc1ccc(-c2cc(-c3ccc(C)cc3)c(C#N)c(SC3CC(=O)N(c4ccc(OC(C)=O)cc4)C3=O)n2)cc1. The van der Waals surface area contributed by atoms with Gasteiger partial charge in [0.25, 0.3) is 0 Å². The van der Waals surface area contributed by atoms with Crippen LogP contribution in [0, 0.1) is 18.3 Å². The minimum atomic E-state index is -0.771. The number of hydrogen-bond acceptors (Lipinski definition) is 8. The third kappa shape index (κ3) is 5.83. The molecule has 1 atom stereocenters. The molecule has 8 nitrogen and oxygen atoms in total. The molecule has 204 valence electrons. The maximum absolute atomic E-state index is 13.5. The van der Waals surface area contributed by atoms with Crippen molar-refractivity contribution in [3.63, 3.8) is 0 Å². The molecule has 0 radical (unpaired) electrons. The number of pyridine rings is 1. The van der Waals surface area contributed by atoms with Crippen LogP contribution >= 0.6 is 11.8 Å².